The number of thiophene rings is 1. The van der Waals surface area contributed by atoms with E-state index in [1.807, 2.05) is 28.5 Å². The monoisotopic (exact) mass is 263 g/mol. The van der Waals surface area contributed by atoms with Crippen molar-refractivity contribution in [2.45, 2.75) is 45.1 Å². The summed E-state index contributed by atoms with van der Waals surface area (Å²) >= 11 is 1.66. The first-order valence-electron chi connectivity index (χ1n) is 6.83. The molecule has 1 amide bonds. The molecule has 0 N–H and O–H groups in total. The number of likely N-dealkylation sites (N-methyl/N-ethyl adjacent to an activating group) is 1. The first-order chi connectivity index (χ1) is 8.81. The zero-order valence-corrected chi connectivity index (χ0v) is 11.8. The summed E-state index contributed by atoms with van der Waals surface area (Å²) < 4.78 is 0. The van der Waals surface area contributed by atoms with Crippen LogP contribution in [0.15, 0.2) is 23.6 Å². The van der Waals surface area contributed by atoms with Crippen LogP contribution in [0.25, 0.3) is 6.08 Å². The van der Waals surface area contributed by atoms with Crippen molar-refractivity contribution in [1.82, 2.24) is 4.90 Å². The van der Waals surface area contributed by atoms with Crippen molar-refractivity contribution in [2.75, 3.05) is 6.54 Å². The molecule has 1 saturated carbocycles. The van der Waals surface area contributed by atoms with Gasteiger partial charge in [0.1, 0.15) is 0 Å². The molecular weight excluding hydrogens is 242 g/mol. The molecule has 0 aliphatic heterocycles. The highest BCUT2D eigenvalue weighted by molar-refractivity contribution is 7.10. The third-order valence-corrected chi connectivity index (χ3v) is 4.41. The second-order valence-electron chi connectivity index (χ2n) is 4.76. The van der Waals surface area contributed by atoms with E-state index in [9.17, 15) is 4.79 Å². The molecule has 1 aromatic rings. The minimum absolute atomic E-state index is 0.165. The standard InChI is InChI=1S/C15H21NOS/c1-2-16(13-7-4-3-5-8-13)15(17)11-10-14-9-6-12-18-14/h6,9-13H,2-5,7-8H2,1H3/b11-10+. The fourth-order valence-corrected chi connectivity index (χ4v) is 3.24. The maximum Gasteiger partial charge on any atom is 0.246 e. The lowest BCUT2D eigenvalue weighted by Gasteiger charge is -2.32. The molecule has 1 heterocycles. The Kier molecular flexibility index (Phi) is 5.00. The van der Waals surface area contributed by atoms with E-state index in [1.165, 1.54) is 32.1 Å². The molecule has 2 rings (SSSR count). The Hall–Kier alpha value is -1.09. The van der Waals surface area contributed by atoms with Crippen molar-refractivity contribution >= 4 is 23.3 Å². The molecule has 1 aromatic heterocycles. The van der Waals surface area contributed by atoms with E-state index in [1.54, 1.807) is 17.4 Å². The zero-order chi connectivity index (χ0) is 12.8. The minimum Gasteiger partial charge on any atom is -0.336 e. The third kappa shape index (κ3) is 3.45. The van der Waals surface area contributed by atoms with Crippen LogP contribution in [0.4, 0.5) is 0 Å². The molecule has 3 heteroatoms. The molecule has 1 aliphatic carbocycles. The lowest BCUT2D eigenvalue weighted by molar-refractivity contribution is -0.128. The molecule has 1 aliphatic rings. The van der Waals surface area contributed by atoms with E-state index >= 15 is 0 Å². The maximum atomic E-state index is 12.2. The van der Waals surface area contributed by atoms with Gasteiger partial charge in [0.2, 0.25) is 5.91 Å². The summed E-state index contributed by atoms with van der Waals surface area (Å²) in [4.78, 5) is 15.4. The van der Waals surface area contributed by atoms with Crippen molar-refractivity contribution in [3.8, 4) is 0 Å². The van der Waals surface area contributed by atoms with Gasteiger partial charge >= 0.3 is 0 Å². The fourth-order valence-electron chi connectivity index (χ4n) is 2.62. The lowest BCUT2D eigenvalue weighted by atomic mass is 9.94. The highest BCUT2D eigenvalue weighted by Crippen LogP contribution is 2.23. The zero-order valence-electron chi connectivity index (χ0n) is 11.0. The van der Waals surface area contributed by atoms with E-state index in [2.05, 4.69) is 6.92 Å². The summed E-state index contributed by atoms with van der Waals surface area (Å²) in [5.41, 5.74) is 0. The fraction of sp³-hybridized carbons (Fsp3) is 0.533. The second-order valence-corrected chi connectivity index (χ2v) is 5.74. The maximum absolute atomic E-state index is 12.2. The topological polar surface area (TPSA) is 20.3 Å². The third-order valence-electron chi connectivity index (χ3n) is 3.57. The van der Waals surface area contributed by atoms with E-state index in [0.717, 1.165) is 11.4 Å². The molecule has 2 nitrogen and oxygen atoms in total. The van der Waals surface area contributed by atoms with Gasteiger partial charge in [0.15, 0.2) is 0 Å². The average Bonchev–Trinajstić information content (AvgIpc) is 2.92. The Morgan fingerprint density at radius 3 is 2.83 bits per heavy atom. The summed E-state index contributed by atoms with van der Waals surface area (Å²) in [6.07, 6.45) is 9.86. The van der Waals surface area contributed by atoms with Gasteiger partial charge in [-0.05, 0) is 37.3 Å². The summed E-state index contributed by atoms with van der Waals surface area (Å²) in [6, 6.07) is 4.50. The first-order valence-corrected chi connectivity index (χ1v) is 7.71. The number of nitrogens with zero attached hydrogens (tertiary/aromatic N) is 1. The summed E-state index contributed by atoms with van der Waals surface area (Å²) in [5.74, 6) is 0.165. The van der Waals surface area contributed by atoms with Crippen LogP contribution in [-0.2, 0) is 4.79 Å². The van der Waals surface area contributed by atoms with E-state index < -0.39 is 0 Å². The van der Waals surface area contributed by atoms with Crippen LogP contribution < -0.4 is 0 Å². The second kappa shape index (κ2) is 6.74. The van der Waals surface area contributed by atoms with Gasteiger partial charge in [0.25, 0.3) is 0 Å². The van der Waals surface area contributed by atoms with Crippen LogP contribution in [0.2, 0.25) is 0 Å². The van der Waals surface area contributed by atoms with Gasteiger partial charge < -0.3 is 4.90 Å². The quantitative estimate of drug-likeness (QED) is 0.753. The van der Waals surface area contributed by atoms with Gasteiger partial charge in [-0.2, -0.15) is 0 Å². The molecule has 0 aromatic carbocycles. The Morgan fingerprint density at radius 2 is 2.22 bits per heavy atom. The van der Waals surface area contributed by atoms with Crippen molar-refractivity contribution < 1.29 is 4.79 Å². The van der Waals surface area contributed by atoms with Crippen LogP contribution in [0.1, 0.15) is 43.9 Å². The average molecular weight is 263 g/mol. The Balaban J connectivity index is 1.96. The number of carbonyl (C=O) groups excluding carboxylic acids is 1. The predicted octanol–water partition coefficient (Wildman–Crippen LogP) is 3.94. The highest BCUT2D eigenvalue weighted by Gasteiger charge is 2.22. The van der Waals surface area contributed by atoms with E-state index in [4.69, 9.17) is 0 Å². The number of carbonyl (C=O) groups is 1. The van der Waals surface area contributed by atoms with Gasteiger partial charge in [-0.15, -0.1) is 11.3 Å². The normalized spacial score (nSPS) is 17.2. The van der Waals surface area contributed by atoms with Crippen LogP contribution in [0.3, 0.4) is 0 Å². The van der Waals surface area contributed by atoms with E-state index in [0.29, 0.717) is 6.04 Å². The minimum atomic E-state index is 0.165. The largest absolute Gasteiger partial charge is 0.336 e. The van der Waals surface area contributed by atoms with Gasteiger partial charge in [0.05, 0.1) is 0 Å². The molecule has 0 saturated heterocycles. The van der Waals surface area contributed by atoms with Gasteiger partial charge in [-0.25, -0.2) is 0 Å². The number of rotatable bonds is 4. The highest BCUT2D eigenvalue weighted by atomic mass is 32.1. The number of hydrogen-bond acceptors (Lipinski definition) is 2. The van der Waals surface area contributed by atoms with Crippen molar-refractivity contribution in [1.29, 1.82) is 0 Å². The first kappa shape index (κ1) is 13.3. The lowest BCUT2D eigenvalue weighted by Crippen LogP contribution is -2.40. The van der Waals surface area contributed by atoms with Crippen LogP contribution in [0.5, 0.6) is 0 Å². The van der Waals surface area contributed by atoms with Crippen LogP contribution in [0, 0.1) is 0 Å². The van der Waals surface area contributed by atoms with Gasteiger partial charge in [-0.3, -0.25) is 4.79 Å². The molecule has 0 radical (unpaired) electrons. The molecular formula is C15H21NOS. The Labute approximate surface area is 113 Å². The molecule has 98 valence electrons. The predicted molar refractivity (Wildman–Crippen MR) is 77.6 cm³/mol. The van der Waals surface area contributed by atoms with Gasteiger partial charge in [0, 0.05) is 23.5 Å². The summed E-state index contributed by atoms with van der Waals surface area (Å²) in [5, 5.41) is 2.03. The van der Waals surface area contributed by atoms with Gasteiger partial charge in [-0.1, -0.05) is 25.3 Å². The van der Waals surface area contributed by atoms with E-state index in [-0.39, 0.29) is 5.91 Å². The van der Waals surface area contributed by atoms with Crippen LogP contribution in [-0.4, -0.2) is 23.4 Å². The SMILES string of the molecule is CCN(C(=O)/C=C/c1cccs1)C1CCCCC1. The van der Waals surface area contributed by atoms with Crippen molar-refractivity contribution in [3.63, 3.8) is 0 Å². The molecule has 0 atom stereocenters. The Bertz CT molecular complexity index is 391. The molecule has 0 unspecified atom stereocenters. The Morgan fingerprint density at radius 1 is 1.44 bits per heavy atom. The van der Waals surface area contributed by atoms with Crippen LogP contribution >= 0.6 is 11.3 Å². The van der Waals surface area contributed by atoms with Crippen molar-refractivity contribution in [2.24, 2.45) is 0 Å². The summed E-state index contributed by atoms with van der Waals surface area (Å²) in [6.45, 7) is 2.89. The molecule has 0 bridgehead atoms. The van der Waals surface area contributed by atoms with Crippen molar-refractivity contribution in [3.05, 3.63) is 28.5 Å². The number of hydrogen-bond donors (Lipinski definition) is 0. The molecule has 0 spiro atoms. The smallest absolute Gasteiger partial charge is 0.246 e. The molecule has 18 heavy (non-hydrogen) atoms. The summed E-state index contributed by atoms with van der Waals surface area (Å²) in [7, 11) is 0. The number of amides is 1. The molecule has 1 fully saturated rings.